The van der Waals surface area contributed by atoms with Crippen LogP contribution in [0.2, 0.25) is 0 Å². The molecule has 1 saturated heterocycles. The highest BCUT2D eigenvalue weighted by molar-refractivity contribution is 5.96. The number of fused-ring (bicyclic) bond motifs is 1. The summed E-state index contributed by atoms with van der Waals surface area (Å²) in [6.45, 7) is 3.16. The number of anilines is 3. The zero-order valence-corrected chi connectivity index (χ0v) is 15.8. The van der Waals surface area contributed by atoms with Gasteiger partial charge in [0.1, 0.15) is 0 Å². The Hall–Kier alpha value is -2.86. The Morgan fingerprint density at radius 2 is 1.96 bits per heavy atom. The van der Waals surface area contributed by atoms with Gasteiger partial charge in [0.25, 0.3) is 0 Å². The number of carbonyl (C=O) groups is 2. The number of ether oxygens (including phenoxy) is 1. The molecule has 2 amide bonds. The van der Waals surface area contributed by atoms with Gasteiger partial charge in [-0.25, -0.2) is 0 Å². The summed E-state index contributed by atoms with van der Waals surface area (Å²) in [6.07, 6.45) is 1.54. The summed E-state index contributed by atoms with van der Waals surface area (Å²) < 4.78 is 5.39. The number of nitrogens with zero attached hydrogens (tertiary/aromatic N) is 1. The quantitative estimate of drug-likeness (QED) is 0.838. The highest BCUT2D eigenvalue weighted by Gasteiger charge is 2.26. The minimum absolute atomic E-state index is 0.000754. The lowest BCUT2D eigenvalue weighted by Gasteiger charge is -2.29. The first-order valence-electron chi connectivity index (χ1n) is 9.80. The fourth-order valence-electron chi connectivity index (χ4n) is 3.78. The van der Waals surface area contributed by atoms with Gasteiger partial charge in [-0.3, -0.25) is 9.59 Å². The molecule has 6 heteroatoms. The van der Waals surface area contributed by atoms with E-state index in [0.717, 1.165) is 48.9 Å². The summed E-state index contributed by atoms with van der Waals surface area (Å²) in [5.74, 6) is -0.230. The van der Waals surface area contributed by atoms with Crippen LogP contribution >= 0.6 is 0 Å². The number of carbonyl (C=O) groups excluding carboxylic acids is 2. The number of hydrogen-bond donors (Lipinski definition) is 2. The molecule has 0 spiro atoms. The van der Waals surface area contributed by atoms with Crippen molar-refractivity contribution in [2.45, 2.75) is 19.3 Å². The normalized spacial score (nSPS) is 18.9. The minimum Gasteiger partial charge on any atom is -0.378 e. The monoisotopic (exact) mass is 379 g/mol. The Morgan fingerprint density at radius 3 is 2.82 bits per heavy atom. The molecule has 1 atom stereocenters. The molecule has 28 heavy (non-hydrogen) atoms. The molecule has 2 aliphatic heterocycles. The van der Waals surface area contributed by atoms with Crippen LogP contribution in [0.3, 0.4) is 0 Å². The molecule has 0 aromatic heterocycles. The molecule has 2 heterocycles. The Kier molecular flexibility index (Phi) is 5.58. The molecule has 0 saturated carbocycles. The third kappa shape index (κ3) is 4.34. The van der Waals surface area contributed by atoms with E-state index in [2.05, 4.69) is 15.5 Å². The van der Waals surface area contributed by atoms with Crippen LogP contribution in [0.15, 0.2) is 48.5 Å². The number of para-hydroxylation sites is 1. The minimum atomic E-state index is -0.166. The predicted octanol–water partition coefficient (Wildman–Crippen LogP) is 3.05. The lowest BCUT2D eigenvalue weighted by atomic mass is 9.89. The Balaban J connectivity index is 1.32. The van der Waals surface area contributed by atoms with E-state index in [0.29, 0.717) is 19.3 Å². The summed E-state index contributed by atoms with van der Waals surface area (Å²) in [6, 6.07) is 15.7. The zero-order valence-electron chi connectivity index (χ0n) is 15.8. The average molecular weight is 379 g/mol. The third-order valence-electron chi connectivity index (χ3n) is 5.34. The average Bonchev–Trinajstić information content (AvgIpc) is 2.73. The van der Waals surface area contributed by atoms with Crippen molar-refractivity contribution < 1.29 is 14.3 Å². The lowest BCUT2D eigenvalue weighted by Crippen LogP contribution is -2.36. The maximum atomic E-state index is 12.4. The van der Waals surface area contributed by atoms with E-state index in [4.69, 9.17) is 4.74 Å². The van der Waals surface area contributed by atoms with Gasteiger partial charge < -0.3 is 20.3 Å². The number of hydrogen-bond acceptors (Lipinski definition) is 4. The summed E-state index contributed by atoms with van der Waals surface area (Å²) in [5.41, 5.74) is 3.88. The van der Waals surface area contributed by atoms with Gasteiger partial charge in [0.2, 0.25) is 11.8 Å². The maximum Gasteiger partial charge on any atom is 0.227 e. The molecular formula is C22H25N3O3. The Morgan fingerprint density at radius 1 is 1.14 bits per heavy atom. The second kappa shape index (κ2) is 8.44. The topological polar surface area (TPSA) is 70.7 Å². The van der Waals surface area contributed by atoms with Gasteiger partial charge >= 0.3 is 0 Å². The van der Waals surface area contributed by atoms with E-state index in [1.807, 2.05) is 48.5 Å². The molecule has 146 valence electrons. The fourth-order valence-corrected chi connectivity index (χ4v) is 3.78. The molecule has 4 rings (SSSR count). The van der Waals surface area contributed by atoms with E-state index < -0.39 is 0 Å². The van der Waals surface area contributed by atoms with Crippen molar-refractivity contribution in [2.75, 3.05) is 41.8 Å². The lowest BCUT2D eigenvalue weighted by molar-refractivity contribution is -0.121. The third-order valence-corrected chi connectivity index (χ3v) is 5.34. The summed E-state index contributed by atoms with van der Waals surface area (Å²) >= 11 is 0. The first-order valence-corrected chi connectivity index (χ1v) is 9.80. The van der Waals surface area contributed by atoms with Gasteiger partial charge in [-0.15, -0.1) is 0 Å². The number of nitrogens with one attached hydrogen (secondary N) is 2. The highest BCUT2D eigenvalue weighted by Crippen LogP contribution is 2.28. The molecule has 6 nitrogen and oxygen atoms in total. The molecule has 2 aliphatic rings. The van der Waals surface area contributed by atoms with Gasteiger partial charge in [0.15, 0.2) is 0 Å². The smallest absolute Gasteiger partial charge is 0.227 e. The molecule has 2 N–H and O–H groups in total. The Bertz CT molecular complexity index is 862. The van der Waals surface area contributed by atoms with Crippen molar-refractivity contribution in [1.82, 2.24) is 0 Å². The first kappa shape index (κ1) is 18.5. The highest BCUT2D eigenvalue weighted by atomic mass is 16.5. The van der Waals surface area contributed by atoms with Crippen LogP contribution in [-0.4, -0.2) is 38.1 Å². The Labute approximate surface area is 164 Å². The van der Waals surface area contributed by atoms with E-state index in [1.54, 1.807) is 0 Å². The number of benzene rings is 2. The molecule has 0 bridgehead atoms. The van der Waals surface area contributed by atoms with Crippen molar-refractivity contribution in [2.24, 2.45) is 5.92 Å². The predicted molar refractivity (Wildman–Crippen MR) is 110 cm³/mol. The van der Waals surface area contributed by atoms with E-state index in [-0.39, 0.29) is 17.7 Å². The molecule has 2 aromatic carbocycles. The summed E-state index contributed by atoms with van der Waals surface area (Å²) in [4.78, 5) is 27.0. The van der Waals surface area contributed by atoms with Crippen molar-refractivity contribution in [3.8, 4) is 0 Å². The molecule has 2 aromatic rings. The molecular weight excluding hydrogens is 354 g/mol. The van der Waals surface area contributed by atoms with Crippen LogP contribution < -0.4 is 15.5 Å². The van der Waals surface area contributed by atoms with Gasteiger partial charge in [-0.05, 0) is 42.7 Å². The first-order chi connectivity index (χ1) is 13.7. The van der Waals surface area contributed by atoms with E-state index in [1.165, 1.54) is 0 Å². The van der Waals surface area contributed by atoms with Crippen molar-refractivity contribution >= 4 is 28.9 Å². The SMILES string of the molecule is O=C(CCC1Cc2ccccc2NC1=O)Nc1cccc(N2CCOCC2)c1. The number of rotatable bonds is 5. The fraction of sp³-hybridized carbons (Fsp3) is 0.364. The van der Waals surface area contributed by atoms with Crippen molar-refractivity contribution in [3.63, 3.8) is 0 Å². The van der Waals surface area contributed by atoms with Crippen LogP contribution in [0.25, 0.3) is 0 Å². The van der Waals surface area contributed by atoms with Gasteiger partial charge in [-0.1, -0.05) is 24.3 Å². The van der Waals surface area contributed by atoms with Crippen LogP contribution in [0.1, 0.15) is 18.4 Å². The largest absolute Gasteiger partial charge is 0.378 e. The van der Waals surface area contributed by atoms with E-state index >= 15 is 0 Å². The van der Waals surface area contributed by atoms with Crippen molar-refractivity contribution in [3.05, 3.63) is 54.1 Å². The van der Waals surface area contributed by atoms with Crippen molar-refractivity contribution in [1.29, 1.82) is 0 Å². The van der Waals surface area contributed by atoms with Crippen LogP contribution in [0.4, 0.5) is 17.1 Å². The van der Waals surface area contributed by atoms with Crippen LogP contribution in [-0.2, 0) is 20.7 Å². The second-order valence-electron chi connectivity index (χ2n) is 7.28. The van der Waals surface area contributed by atoms with E-state index in [9.17, 15) is 9.59 Å². The van der Waals surface area contributed by atoms with Crippen LogP contribution in [0.5, 0.6) is 0 Å². The summed E-state index contributed by atoms with van der Waals surface area (Å²) in [5, 5.41) is 5.91. The standard InChI is InChI=1S/C22H25N3O3/c26-21(9-8-17-14-16-4-1-2-7-20(16)24-22(17)27)23-18-5-3-6-19(15-18)25-10-12-28-13-11-25/h1-7,15,17H,8-14H2,(H,23,26)(H,24,27). The number of amides is 2. The molecule has 1 unspecified atom stereocenters. The van der Waals surface area contributed by atoms with Gasteiger partial charge in [0, 0.05) is 42.5 Å². The number of morpholine rings is 1. The maximum absolute atomic E-state index is 12.4. The summed E-state index contributed by atoms with van der Waals surface area (Å²) in [7, 11) is 0. The molecule has 0 aliphatic carbocycles. The van der Waals surface area contributed by atoms with Crippen LogP contribution in [0, 0.1) is 5.92 Å². The van der Waals surface area contributed by atoms with Gasteiger partial charge in [0.05, 0.1) is 13.2 Å². The molecule has 1 fully saturated rings. The molecule has 0 radical (unpaired) electrons. The second-order valence-corrected chi connectivity index (χ2v) is 7.28. The zero-order chi connectivity index (χ0) is 19.3. The van der Waals surface area contributed by atoms with Gasteiger partial charge in [-0.2, -0.15) is 0 Å².